The van der Waals surface area contributed by atoms with Crippen LogP contribution in [-0.2, 0) is 26.2 Å². The Kier molecular flexibility index (Phi) is 13.4. The topological polar surface area (TPSA) is 0 Å². The summed E-state index contributed by atoms with van der Waals surface area (Å²) in [5, 5.41) is 0. The van der Waals surface area contributed by atoms with E-state index in [-0.39, 0.29) is 51.0 Å². The van der Waals surface area contributed by atoms with Crippen LogP contribution in [-0.4, -0.2) is 0 Å². The Labute approximate surface area is 155 Å². The van der Waals surface area contributed by atoms with E-state index in [1.807, 2.05) is 12.2 Å². The zero-order valence-corrected chi connectivity index (χ0v) is 16.1. The van der Waals surface area contributed by atoms with Gasteiger partial charge in [0.25, 0.3) is 0 Å². The molecule has 3 aliphatic carbocycles. The minimum absolute atomic E-state index is 0. The van der Waals surface area contributed by atoms with Gasteiger partial charge >= 0.3 is 26.2 Å². The quantitative estimate of drug-likeness (QED) is 0.452. The average molecular weight is 388 g/mol. The van der Waals surface area contributed by atoms with Crippen LogP contribution < -0.4 is 24.8 Å². The predicted octanol–water partition coefficient (Wildman–Crippen LogP) is -1.32. The molecule has 0 amide bonds. The van der Waals surface area contributed by atoms with Crippen LogP contribution in [0.5, 0.6) is 0 Å². The fourth-order valence-electron chi connectivity index (χ4n) is 2.77. The van der Waals surface area contributed by atoms with Crippen molar-refractivity contribution in [1.82, 2.24) is 0 Å². The number of fused-ring (bicyclic) bond motifs is 1. The Morgan fingerprint density at radius 3 is 2.45 bits per heavy atom. The van der Waals surface area contributed by atoms with Crippen molar-refractivity contribution in [3.63, 3.8) is 0 Å². The number of hydrogen-bond acceptors (Lipinski definition) is 0. The van der Waals surface area contributed by atoms with E-state index in [0.29, 0.717) is 0 Å². The second-order valence-corrected chi connectivity index (χ2v) is 5.30. The van der Waals surface area contributed by atoms with Gasteiger partial charge in [0.15, 0.2) is 0 Å². The van der Waals surface area contributed by atoms with Gasteiger partial charge in [0.2, 0.25) is 0 Å². The molecule has 3 atom stereocenters. The SMILES string of the molecule is CC1[CH-]C2=CC=CCC(C)C2C1.[C-]1=CC=CC1.[Cl-].[Cl-].[Zr+4]. The molecule has 0 radical (unpaired) electrons. The molecular formula is C17H22Cl2Zr. The molecule has 20 heavy (non-hydrogen) atoms. The summed E-state index contributed by atoms with van der Waals surface area (Å²) in [6.07, 6.45) is 21.9. The summed E-state index contributed by atoms with van der Waals surface area (Å²) in [6.45, 7) is 4.70. The van der Waals surface area contributed by atoms with Gasteiger partial charge in [0.1, 0.15) is 0 Å². The van der Waals surface area contributed by atoms with Crippen molar-refractivity contribution in [1.29, 1.82) is 0 Å². The zero-order valence-electron chi connectivity index (χ0n) is 12.2. The molecular weight excluding hydrogens is 366 g/mol. The Morgan fingerprint density at radius 1 is 1.15 bits per heavy atom. The third-order valence-corrected chi connectivity index (χ3v) is 3.74. The normalized spacial score (nSPS) is 28.3. The van der Waals surface area contributed by atoms with Gasteiger partial charge in [-0.1, -0.05) is 26.2 Å². The number of halogens is 2. The molecule has 0 aliphatic heterocycles. The molecule has 0 spiro atoms. The van der Waals surface area contributed by atoms with E-state index in [1.54, 1.807) is 5.57 Å². The van der Waals surface area contributed by atoms with Crippen LogP contribution in [0.15, 0.2) is 42.0 Å². The first-order chi connectivity index (χ1) is 8.27. The van der Waals surface area contributed by atoms with E-state index in [4.69, 9.17) is 0 Å². The molecule has 0 aromatic heterocycles. The van der Waals surface area contributed by atoms with E-state index >= 15 is 0 Å². The minimum Gasteiger partial charge on any atom is -1.00 e. The molecule has 0 aromatic carbocycles. The van der Waals surface area contributed by atoms with Gasteiger partial charge in [-0.15, -0.1) is 18.6 Å². The fraction of sp³-hybridized carbons (Fsp3) is 0.471. The van der Waals surface area contributed by atoms with E-state index in [2.05, 4.69) is 50.6 Å². The van der Waals surface area contributed by atoms with Crippen LogP contribution in [0.2, 0.25) is 0 Å². The van der Waals surface area contributed by atoms with Gasteiger partial charge in [0, 0.05) is 0 Å². The van der Waals surface area contributed by atoms with Gasteiger partial charge < -0.3 is 24.8 Å². The minimum atomic E-state index is 0. The summed E-state index contributed by atoms with van der Waals surface area (Å²) >= 11 is 0. The van der Waals surface area contributed by atoms with Gasteiger partial charge in [0.05, 0.1) is 0 Å². The number of rotatable bonds is 0. The molecule has 3 heteroatoms. The predicted molar refractivity (Wildman–Crippen MR) is 74.1 cm³/mol. The second-order valence-electron chi connectivity index (χ2n) is 5.30. The summed E-state index contributed by atoms with van der Waals surface area (Å²) in [4.78, 5) is 0. The molecule has 0 bridgehead atoms. The molecule has 0 nitrogen and oxygen atoms in total. The summed E-state index contributed by atoms with van der Waals surface area (Å²) in [5.74, 6) is 2.49. The Morgan fingerprint density at radius 2 is 1.90 bits per heavy atom. The van der Waals surface area contributed by atoms with Crippen molar-refractivity contribution in [2.75, 3.05) is 0 Å². The van der Waals surface area contributed by atoms with E-state index in [1.165, 1.54) is 12.8 Å². The van der Waals surface area contributed by atoms with E-state index in [0.717, 1.165) is 24.2 Å². The Balaban J connectivity index is 0. The van der Waals surface area contributed by atoms with Crippen LogP contribution in [0, 0.1) is 30.3 Å². The molecule has 3 aliphatic rings. The van der Waals surface area contributed by atoms with Crippen molar-refractivity contribution in [2.45, 2.75) is 33.1 Å². The third kappa shape index (κ3) is 6.83. The van der Waals surface area contributed by atoms with Crippen molar-refractivity contribution >= 4 is 0 Å². The number of allylic oxidation sites excluding steroid dienone is 8. The first-order valence-corrected chi connectivity index (χ1v) is 6.70. The van der Waals surface area contributed by atoms with E-state index in [9.17, 15) is 0 Å². The first kappa shape index (κ1) is 22.6. The van der Waals surface area contributed by atoms with E-state index < -0.39 is 0 Å². The summed E-state index contributed by atoms with van der Waals surface area (Å²) in [5.41, 5.74) is 1.59. The molecule has 0 N–H and O–H groups in total. The Bertz CT molecular complexity index is 359. The first-order valence-electron chi connectivity index (χ1n) is 6.70. The van der Waals surface area contributed by atoms with Crippen molar-refractivity contribution in [3.8, 4) is 0 Å². The van der Waals surface area contributed by atoms with Gasteiger partial charge in [-0.3, -0.25) is 6.08 Å². The summed E-state index contributed by atoms with van der Waals surface area (Å²) in [6, 6.07) is 0. The molecule has 0 aromatic rings. The monoisotopic (exact) mass is 386 g/mol. The second kappa shape index (κ2) is 11.9. The molecule has 0 saturated heterocycles. The zero-order chi connectivity index (χ0) is 12.1. The van der Waals surface area contributed by atoms with Crippen LogP contribution in [0.4, 0.5) is 0 Å². The summed E-state index contributed by atoms with van der Waals surface area (Å²) in [7, 11) is 0. The largest absolute Gasteiger partial charge is 4.00 e. The molecule has 0 heterocycles. The summed E-state index contributed by atoms with van der Waals surface area (Å²) < 4.78 is 0. The van der Waals surface area contributed by atoms with Crippen molar-refractivity contribution in [3.05, 3.63) is 54.5 Å². The smallest absolute Gasteiger partial charge is 1.00 e. The third-order valence-electron chi connectivity index (χ3n) is 3.74. The molecule has 3 unspecified atom stereocenters. The maximum absolute atomic E-state index is 2.99. The standard InChI is InChI=1S/C12H17.C5H5.2ClH.Zr/c1-9-7-11-6-4-3-5-10(2)12(11)8-9;1-2-4-5-3-1;;;/h3-4,6-7,9-10,12H,5,8H2,1-2H3;1-3H,4H2;2*1H;/q2*-1;;;+4/p-2. The molecule has 1 saturated carbocycles. The van der Waals surface area contributed by atoms with Crippen molar-refractivity contribution < 1.29 is 51.0 Å². The maximum atomic E-state index is 2.99. The van der Waals surface area contributed by atoms with Gasteiger partial charge in [-0.25, -0.2) is 30.2 Å². The average Bonchev–Trinajstić information content (AvgIpc) is 2.94. The van der Waals surface area contributed by atoms with Crippen LogP contribution in [0.3, 0.4) is 0 Å². The number of hydrogen-bond donors (Lipinski definition) is 0. The van der Waals surface area contributed by atoms with Crippen LogP contribution in [0.1, 0.15) is 33.1 Å². The molecule has 108 valence electrons. The van der Waals surface area contributed by atoms with Gasteiger partial charge in [-0.2, -0.15) is 6.08 Å². The van der Waals surface area contributed by atoms with Crippen LogP contribution in [0.25, 0.3) is 0 Å². The van der Waals surface area contributed by atoms with Gasteiger partial charge in [-0.05, 0) is 18.3 Å². The van der Waals surface area contributed by atoms with Crippen molar-refractivity contribution in [2.24, 2.45) is 17.8 Å². The maximum Gasteiger partial charge on any atom is 4.00 e. The molecule has 1 fully saturated rings. The Hall–Kier alpha value is 0.293. The fourth-order valence-corrected chi connectivity index (χ4v) is 2.77. The molecule has 3 rings (SSSR count). The van der Waals surface area contributed by atoms with Crippen LogP contribution >= 0.6 is 0 Å².